The zero-order valence-corrected chi connectivity index (χ0v) is 16.0. The van der Waals surface area contributed by atoms with Gasteiger partial charge in [-0.2, -0.15) is 5.26 Å². The van der Waals surface area contributed by atoms with E-state index in [9.17, 15) is 14.0 Å². The van der Waals surface area contributed by atoms with Crippen molar-refractivity contribution in [1.29, 1.82) is 5.26 Å². The van der Waals surface area contributed by atoms with E-state index in [1.54, 1.807) is 25.3 Å². The Balaban J connectivity index is 1.67. The SMILES string of the molecule is CC(=O)N(C)C[C@H]1CN(c2ccc(N3CCC(=CC#N)CC3)c(F)c2)C(=O)O1. The molecule has 0 spiro atoms. The summed E-state index contributed by atoms with van der Waals surface area (Å²) in [7, 11) is 1.64. The Morgan fingerprint density at radius 2 is 2.14 bits per heavy atom. The lowest BCUT2D eigenvalue weighted by Crippen LogP contribution is -2.35. The van der Waals surface area contributed by atoms with Gasteiger partial charge in [0.1, 0.15) is 11.9 Å². The third kappa shape index (κ3) is 4.25. The highest BCUT2D eigenvalue weighted by Gasteiger charge is 2.34. The molecule has 1 aromatic carbocycles. The van der Waals surface area contributed by atoms with Gasteiger partial charge in [0.05, 0.1) is 30.5 Å². The lowest BCUT2D eigenvalue weighted by molar-refractivity contribution is -0.128. The minimum atomic E-state index is -0.543. The molecule has 2 saturated heterocycles. The molecule has 1 atom stereocenters. The van der Waals surface area contributed by atoms with E-state index in [2.05, 4.69) is 0 Å². The summed E-state index contributed by atoms with van der Waals surface area (Å²) < 4.78 is 20.0. The number of hydrogen-bond donors (Lipinski definition) is 0. The molecule has 148 valence electrons. The predicted molar refractivity (Wildman–Crippen MR) is 102 cm³/mol. The van der Waals surface area contributed by atoms with Crippen LogP contribution in [0.25, 0.3) is 0 Å². The second-order valence-corrected chi connectivity index (χ2v) is 7.07. The molecule has 3 rings (SSSR count). The first-order valence-corrected chi connectivity index (χ1v) is 9.21. The van der Waals surface area contributed by atoms with Crippen molar-refractivity contribution in [3.05, 3.63) is 35.7 Å². The van der Waals surface area contributed by atoms with Crippen molar-refractivity contribution in [3.63, 3.8) is 0 Å². The number of benzene rings is 1. The van der Waals surface area contributed by atoms with Gasteiger partial charge in [0.25, 0.3) is 0 Å². The molecular weight excluding hydrogens is 363 g/mol. The average Bonchev–Trinajstić information content (AvgIpc) is 3.03. The van der Waals surface area contributed by atoms with Gasteiger partial charge in [-0.3, -0.25) is 9.69 Å². The fourth-order valence-electron chi connectivity index (χ4n) is 3.45. The molecule has 8 heteroatoms. The normalized spacial score (nSPS) is 19.3. The van der Waals surface area contributed by atoms with Crippen LogP contribution < -0.4 is 9.80 Å². The van der Waals surface area contributed by atoms with E-state index in [1.807, 2.05) is 11.0 Å². The van der Waals surface area contributed by atoms with Crippen molar-refractivity contribution >= 4 is 23.4 Å². The molecule has 1 aromatic rings. The first kappa shape index (κ1) is 19.7. The second-order valence-electron chi connectivity index (χ2n) is 7.07. The molecular formula is C20H23FN4O3. The smallest absolute Gasteiger partial charge is 0.414 e. The van der Waals surface area contributed by atoms with Gasteiger partial charge in [-0.25, -0.2) is 9.18 Å². The number of allylic oxidation sites excluding steroid dienone is 1. The number of likely N-dealkylation sites (N-methyl/N-ethyl adjacent to an activating group) is 1. The number of halogens is 1. The number of rotatable bonds is 4. The largest absolute Gasteiger partial charge is 0.442 e. The number of carbonyl (C=O) groups is 2. The maximum absolute atomic E-state index is 14.7. The Kier molecular flexibility index (Phi) is 5.83. The maximum Gasteiger partial charge on any atom is 0.414 e. The molecule has 28 heavy (non-hydrogen) atoms. The number of nitriles is 1. The van der Waals surface area contributed by atoms with Crippen molar-refractivity contribution in [3.8, 4) is 6.07 Å². The fraction of sp³-hybridized carbons (Fsp3) is 0.450. The highest BCUT2D eigenvalue weighted by molar-refractivity contribution is 5.90. The zero-order chi connectivity index (χ0) is 20.3. The van der Waals surface area contributed by atoms with Crippen molar-refractivity contribution < 1.29 is 18.7 Å². The molecule has 0 unspecified atom stereocenters. The van der Waals surface area contributed by atoms with Crippen LogP contribution in [-0.4, -0.2) is 56.2 Å². The molecule has 0 aliphatic carbocycles. The van der Waals surface area contributed by atoms with Crippen LogP contribution in [-0.2, 0) is 9.53 Å². The molecule has 2 aliphatic rings. The van der Waals surface area contributed by atoms with Crippen LogP contribution in [0.1, 0.15) is 19.8 Å². The summed E-state index contributed by atoms with van der Waals surface area (Å²) >= 11 is 0. The average molecular weight is 386 g/mol. The molecule has 0 bridgehead atoms. The Bertz CT molecular complexity index is 838. The number of piperidine rings is 1. The Morgan fingerprint density at radius 3 is 2.75 bits per heavy atom. The fourth-order valence-corrected chi connectivity index (χ4v) is 3.45. The van der Waals surface area contributed by atoms with Crippen molar-refractivity contribution in [1.82, 2.24) is 4.90 Å². The summed E-state index contributed by atoms with van der Waals surface area (Å²) in [5.41, 5.74) is 2.00. The number of ether oxygens (including phenoxy) is 1. The van der Waals surface area contributed by atoms with Gasteiger partial charge >= 0.3 is 6.09 Å². The van der Waals surface area contributed by atoms with Gasteiger partial charge in [-0.1, -0.05) is 5.57 Å². The van der Waals surface area contributed by atoms with Crippen LogP contribution in [0.15, 0.2) is 29.8 Å². The van der Waals surface area contributed by atoms with Gasteiger partial charge in [-0.05, 0) is 31.0 Å². The second kappa shape index (κ2) is 8.30. The van der Waals surface area contributed by atoms with Gasteiger partial charge in [0.15, 0.2) is 0 Å². The van der Waals surface area contributed by atoms with E-state index >= 15 is 0 Å². The Labute approximate surface area is 163 Å². The summed E-state index contributed by atoms with van der Waals surface area (Å²) in [6, 6.07) is 6.76. The van der Waals surface area contributed by atoms with E-state index in [1.165, 1.54) is 22.8 Å². The van der Waals surface area contributed by atoms with Crippen LogP contribution in [0.4, 0.5) is 20.6 Å². The molecule has 2 fully saturated rings. The number of amides is 2. The van der Waals surface area contributed by atoms with Crippen molar-refractivity contribution in [2.75, 3.05) is 43.0 Å². The monoisotopic (exact) mass is 386 g/mol. The third-order valence-electron chi connectivity index (χ3n) is 5.15. The molecule has 0 N–H and O–H groups in total. The summed E-state index contributed by atoms with van der Waals surface area (Å²) in [5.74, 6) is -0.512. The first-order chi connectivity index (χ1) is 13.4. The van der Waals surface area contributed by atoms with E-state index in [0.717, 1.165) is 18.4 Å². The number of anilines is 2. The molecule has 2 aliphatic heterocycles. The molecule has 2 heterocycles. The highest BCUT2D eigenvalue weighted by atomic mass is 19.1. The van der Waals surface area contributed by atoms with Crippen LogP contribution in [0, 0.1) is 17.1 Å². The Hall–Kier alpha value is -3.08. The topological polar surface area (TPSA) is 76.9 Å². The van der Waals surface area contributed by atoms with Crippen molar-refractivity contribution in [2.45, 2.75) is 25.9 Å². The Morgan fingerprint density at radius 1 is 1.43 bits per heavy atom. The van der Waals surface area contributed by atoms with Crippen LogP contribution in [0.5, 0.6) is 0 Å². The first-order valence-electron chi connectivity index (χ1n) is 9.21. The highest BCUT2D eigenvalue weighted by Crippen LogP contribution is 2.30. The maximum atomic E-state index is 14.7. The van der Waals surface area contributed by atoms with E-state index in [4.69, 9.17) is 10.00 Å². The third-order valence-corrected chi connectivity index (χ3v) is 5.15. The summed E-state index contributed by atoms with van der Waals surface area (Å²) in [4.78, 5) is 28.3. The molecule has 0 saturated carbocycles. The zero-order valence-electron chi connectivity index (χ0n) is 16.0. The number of nitrogens with zero attached hydrogens (tertiary/aromatic N) is 4. The standard InChI is InChI=1S/C20H23FN4O3/c1-14(26)23(2)12-17-13-25(20(27)28-17)16-3-4-19(18(21)11-16)24-9-6-15(5-8-22)7-10-24/h3-5,11,17H,6-7,9-10,12-13H2,1-2H3/t17-/m0/s1. The van der Waals surface area contributed by atoms with Gasteiger partial charge in [-0.15, -0.1) is 0 Å². The number of hydrogen-bond acceptors (Lipinski definition) is 5. The number of cyclic esters (lactones) is 1. The minimum Gasteiger partial charge on any atom is -0.442 e. The van der Waals surface area contributed by atoms with Gasteiger partial charge < -0.3 is 14.5 Å². The molecule has 2 amide bonds. The summed E-state index contributed by atoms with van der Waals surface area (Å²) in [6.07, 6.45) is 2.04. The lowest BCUT2D eigenvalue weighted by atomic mass is 10.0. The lowest BCUT2D eigenvalue weighted by Gasteiger charge is -2.30. The van der Waals surface area contributed by atoms with Crippen LogP contribution in [0.2, 0.25) is 0 Å². The molecule has 0 radical (unpaired) electrons. The van der Waals surface area contributed by atoms with Crippen molar-refractivity contribution in [2.24, 2.45) is 0 Å². The molecule has 0 aromatic heterocycles. The number of carbonyl (C=O) groups excluding carboxylic acids is 2. The predicted octanol–water partition coefficient (Wildman–Crippen LogP) is 2.68. The van der Waals surface area contributed by atoms with E-state index in [0.29, 0.717) is 31.0 Å². The summed E-state index contributed by atoms with van der Waals surface area (Å²) in [6.45, 7) is 3.30. The van der Waals surface area contributed by atoms with Crippen LogP contribution >= 0.6 is 0 Å². The van der Waals surface area contributed by atoms with Crippen LogP contribution in [0.3, 0.4) is 0 Å². The summed E-state index contributed by atoms with van der Waals surface area (Å²) in [5, 5.41) is 8.73. The quantitative estimate of drug-likeness (QED) is 0.744. The van der Waals surface area contributed by atoms with E-state index < -0.39 is 18.0 Å². The van der Waals surface area contributed by atoms with Gasteiger partial charge in [0.2, 0.25) is 5.91 Å². The van der Waals surface area contributed by atoms with E-state index in [-0.39, 0.29) is 12.5 Å². The minimum absolute atomic E-state index is 0.112. The van der Waals surface area contributed by atoms with Gasteiger partial charge in [0, 0.05) is 33.1 Å². The molecule has 7 nitrogen and oxygen atoms in total.